The summed E-state index contributed by atoms with van der Waals surface area (Å²) >= 11 is -1.57. The van der Waals surface area contributed by atoms with E-state index in [1.807, 2.05) is 0 Å². The second kappa shape index (κ2) is 6.33. The predicted molar refractivity (Wildman–Crippen MR) is 75.4 cm³/mol. The van der Waals surface area contributed by atoms with E-state index in [1.165, 1.54) is 18.3 Å². The number of benzene rings is 1. The first kappa shape index (κ1) is 19.2. The number of alkyl halides is 3. The Kier molecular flexibility index (Phi) is 5.52. The van der Waals surface area contributed by atoms with Gasteiger partial charge in [0.05, 0.1) is 11.6 Å². The molecule has 1 aromatic carbocycles. The molecule has 2 nitrogen and oxygen atoms in total. The predicted octanol–water partition coefficient (Wildman–Crippen LogP) is 4.44. The molecule has 0 amide bonds. The number of rotatable bonds is 3. The van der Waals surface area contributed by atoms with Gasteiger partial charge in [-0.15, -0.1) is 4.31 Å². The van der Waals surface area contributed by atoms with Gasteiger partial charge in [-0.25, -0.2) is 8.78 Å². The molecule has 0 spiro atoms. The molecule has 2 unspecified atom stereocenters. The molecule has 1 rings (SSSR count). The third-order valence-electron chi connectivity index (χ3n) is 3.15. The molecule has 0 aliphatic carbocycles. The smallest absolute Gasteiger partial charge is 0.416 e. The SMILES string of the molecule is CC(c1c(F)cc(C(F)(F)F)cc1F)N(C)[S+]([O-])C(C)(C)C. The largest absolute Gasteiger partial charge is 0.597 e. The zero-order valence-electron chi connectivity index (χ0n) is 12.9. The van der Waals surface area contributed by atoms with Crippen LogP contribution in [0.2, 0.25) is 0 Å². The average molecular weight is 343 g/mol. The Bertz CT molecular complexity index is 518. The van der Waals surface area contributed by atoms with Gasteiger partial charge in [0.1, 0.15) is 16.4 Å². The van der Waals surface area contributed by atoms with E-state index in [-0.39, 0.29) is 12.1 Å². The first-order valence-corrected chi connectivity index (χ1v) is 7.58. The van der Waals surface area contributed by atoms with Gasteiger partial charge in [-0.05, 0) is 39.8 Å². The van der Waals surface area contributed by atoms with Crippen molar-refractivity contribution in [3.63, 3.8) is 0 Å². The normalized spacial score (nSPS) is 16.0. The molecule has 0 saturated heterocycles. The van der Waals surface area contributed by atoms with E-state index in [1.54, 1.807) is 20.8 Å². The van der Waals surface area contributed by atoms with Crippen LogP contribution in [0.3, 0.4) is 0 Å². The number of hydrogen-bond acceptors (Lipinski definition) is 2. The van der Waals surface area contributed by atoms with Crippen LogP contribution in [0, 0.1) is 11.6 Å². The molecular weight excluding hydrogens is 325 g/mol. The maximum absolute atomic E-state index is 13.9. The van der Waals surface area contributed by atoms with E-state index in [4.69, 9.17) is 0 Å². The summed E-state index contributed by atoms with van der Waals surface area (Å²) in [6.07, 6.45) is -4.83. The van der Waals surface area contributed by atoms with E-state index in [9.17, 15) is 26.5 Å². The number of nitrogens with zero attached hydrogens (tertiary/aromatic N) is 1. The minimum Gasteiger partial charge on any atom is -0.597 e. The third-order valence-corrected chi connectivity index (χ3v) is 5.04. The highest BCUT2D eigenvalue weighted by atomic mass is 32.2. The fraction of sp³-hybridized carbons (Fsp3) is 0.571. The lowest BCUT2D eigenvalue weighted by molar-refractivity contribution is -0.138. The minimum atomic E-state index is -4.83. The molecule has 0 aliphatic rings. The lowest BCUT2D eigenvalue weighted by Gasteiger charge is -2.34. The fourth-order valence-corrected chi connectivity index (χ4v) is 3.16. The molecule has 0 fully saturated rings. The lowest BCUT2D eigenvalue weighted by Crippen LogP contribution is -2.42. The molecule has 0 bridgehead atoms. The van der Waals surface area contributed by atoms with Gasteiger partial charge in [0, 0.05) is 24.0 Å². The van der Waals surface area contributed by atoms with E-state index < -0.39 is 51.1 Å². The molecule has 22 heavy (non-hydrogen) atoms. The average Bonchev–Trinajstić information content (AvgIpc) is 2.33. The topological polar surface area (TPSA) is 26.3 Å². The summed E-state index contributed by atoms with van der Waals surface area (Å²) in [5.41, 5.74) is -1.92. The second-order valence-corrected chi connectivity index (χ2v) is 8.23. The van der Waals surface area contributed by atoms with Crippen molar-refractivity contribution in [2.24, 2.45) is 0 Å². The Morgan fingerprint density at radius 1 is 1.09 bits per heavy atom. The van der Waals surface area contributed by atoms with Crippen LogP contribution in [0.5, 0.6) is 0 Å². The number of hydrogen-bond donors (Lipinski definition) is 0. The van der Waals surface area contributed by atoms with Crippen molar-refractivity contribution in [2.45, 2.75) is 44.7 Å². The van der Waals surface area contributed by atoms with Gasteiger partial charge in [0.2, 0.25) is 0 Å². The monoisotopic (exact) mass is 343 g/mol. The zero-order chi connectivity index (χ0) is 17.5. The molecule has 0 radical (unpaired) electrons. The molecule has 0 aliphatic heterocycles. The maximum Gasteiger partial charge on any atom is 0.416 e. The molecule has 2 atom stereocenters. The van der Waals surface area contributed by atoms with Gasteiger partial charge >= 0.3 is 6.18 Å². The summed E-state index contributed by atoms with van der Waals surface area (Å²) < 4.78 is 78.3. The summed E-state index contributed by atoms with van der Waals surface area (Å²) in [5.74, 6) is -2.62. The minimum absolute atomic E-state index is 0.253. The van der Waals surface area contributed by atoms with Crippen molar-refractivity contribution in [1.82, 2.24) is 4.31 Å². The van der Waals surface area contributed by atoms with Crippen molar-refractivity contribution in [1.29, 1.82) is 0 Å². The molecule has 0 N–H and O–H groups in total. The van der Waals surface area contributed by atoms with Crippen molar-refractivity contribution in [2.75, 3.05) is 7.05 Å². The van der Waals surface area contributed by atoms with Crippen molar-refractivity contribution in [3.8, 4) is 0 Å². The molecule has 8 heteroatoms. The van der Waals surface area contributed by atoms with Crippen LogP contribution >= 0.6 is 0 Å². The molecule has 0 saturated carbocycles. The van der Waals surface area contributed by atoms with Gasteiger partial charge in [0.25, 0.3) is 0 Å². The van der Waals surface area contributed by atoms with Crippen molar-refractivity contribution < 1.29 is 26.5 Å². The summed E-state index contributed by atoms with van der Waals surface area (Å²) in [6, 6.07) is -0.478. The molecular formula is C14H18F5NOS. The van der Waals surface area contributed by atoms with E-state index in [0.717, 1.165) is 0 Å². The summed E-state index contributed by atoms with van der Waals surface area (Å²) in [4.78, 5) is 0. The van der Waals surface area contributed by atoms with Crippen molar-refractivity contribution >= 4 is 11.4 Å². The van der Waals surface area contributed by atoms with Crippen LogP contribution in [0.4, 0.5) is 22.0 Å². The van der Waals surface area contributed by atoms with Crippen LogP contribution in [0.25, 0.3) is 0 Å². The Morgan fingerprint density at radius 2 is 1.50 bits per heavy atom. The lowest BCUT2D eigenvalue weighted by atomic mass is 10.0. The fourth-order valence-electron chi connectivity index (χ4n) is 1.90. The molecule has 1 aromatic rings. The molecule has 126 valence electrons. The van der Waals surface area contributed by atoms with Crippen LogP contribution in [0.15, 0.2) is 12.1 Å². The van der Waals surface area contributed by atoms with Crippen LogP contribution in [-0.2, 0) is 17.5 Å². The van der Waals surface area contributed by atoms with Gasteiger partial charge in [-0.2, -0.15) is 13.2 Å². The van der Waals surface area contributed by atoms with Crippen molar-refractivity contribution in [3.05, 3.63) is 34.9 Å². The number of halogens is 5. The highest BCUT2D eigenvalue weighted by Crippen LogP contribution is 2.35. The van der Waals surface area contributed by atoms with E-state index in [0.29, 0.717) is 0 Å². The summed E-state index contributed by atoms with van der Waals surface area (Å²) in [7, 11) is 1.41. The Hall–Kier alpha value is -0.860. The van der Waals surface area contributed by atoms with Crippen LogP contribution < -0.4 is 0 Å². The van der Waals surface area contributed by atoms with Gasteiger partial charge in [-0.1, -0.05) is 0 Å². The quantitative estimate of drug-likeness (QED) is 0.599. The summed E-state index contributed by atoms with van der Waals surface area (Å²) in [6.45, 7) is 6.45. The van der Waals surface area contributed by atoms with Crippen LogP contribution in [0.1, 0.15) is 44.9 Å². The molecule has 0 aromatic heterocycles. The Labute approximate surface area is 129 Å². The third kappa shape index (κ3) is 4.11. The highest BCUT2D eigenvalue weighted by Gasteiger charge is 2.38. The summed E-state index contributed by atoms with van der Waals surface area (Å²) in [5, 5.41) is 0. The zero-order valence-corrected chi connectivity index (χ0v) is 13.7. The Morgan fingerprint density at radius 3 is 1.82 bits per heavy atom. The van der Waals surface area contributed by atoms with Crippen LogP contribution in [-0.4, -0.2) is 20.7 Å². The van der Waals surface area contributed by atoms with E-state index in [2.05, 4.69) is 0 Å². The first-order valence-electron chi connectivity index (χ1n) is 6.47. The standard InChI is InChI=1S/C14H18F5NOS/c1-8(20(5)22(21)13(2,3)4)12-10(15)6-9(7-11(12)16)14(17,18)19/h6-8H,1-5H3. The van der Waals surface area contributed by atoms with Gasteiger partial charge < -0.3 is 4.55 Å². The van der Waals surface area contributed by atoms with Gasteiger partial charge in [0.15, 0.2) is 0 Å². The van der Waals surface area contributed by atoms with E-state index >= 15 is 0 Å². The first-order chi connectivity index (χ1) is 9.76. The highest BCUT2D eigenvalue weighted by molar-refractivity contribution is 7.90. The van der Waals surface area contributed by atoms with Gasteiger partial charge in [-0.3, -0.25) is 0 Å². The maximum atomic E-state index is 13.9. The second-order valence-electron chi connectivity index (χ2n) is 5.94. The molecule has 0 heterocycles. The Balaban J connectivity index is 3.22.